The number of hydrogen-bond acceptors (Lipinski definition) is 5. The summed E-state index contributed by atoms with van der Waals surface area (Å²) in [6.07, 6.45) is 4.97. The van der Waals surface area contributed by atoms with E-state index in [-0.39, 0.29) is 11.5 Å². The molecule has 0 aliphatic carbocycles. The molecule has 0 aliphatic rings. The second-order valence-corrected chi connectivity index (χ2v) is 3.85. The molecule has 92 valence electrons. The number of rotatable bonds is 4. The Hall–Kier alpha value is -2.50. The topological polar surface area (TPSA) is 81.0 Å². The maximum absolute atomic E-state index is 10.9. The summed E-state index contributed by atoms with van der Waals surface area (Å²) in [6, 6.07) is 5.20. The van der Waals surface area contributed by atoms with E-state index in [9.17, 15) is 10.1 Å². The molecule has 6 heteroatoms. The molecule has 0 saturated heterocycles. The standard InChI is InChI=1S/C12H12N4O2/c1-9-5-11(16(17)18)12(14-6-9)15-8-10-3-2-4-13-7-10/h2-7H,8H2,1H3,(H,14,15). The predicted octanol–water partition coefficient (Wildman–Crippen LogP) is 2.31. The molecule has 2 rings (SSSR count). The van der Waals surface area contributed by atoms with Crippen LogP contribution in [0.2, 0.25) is 0 Å². The van der Waals surface area contributed by atoms with E-state index in [1.807, 2.05) is 12.1 Å². The van der Waals surface area contributed by atoms with Crippen LogP contribution in [-0.2, 0) is 6.54 Å². The molecule has 2 heterocycles. The lowest BCUT2D eigenvalue weighted by molar-refractivity contribution is -0.384. The predicted molar refractivity (Wildman–Crippen MR) is 67.2 cm³/mol. The zero-order chi connectivity index (χ0) is 13.0. The SMILES string of the molecule is Cc1cnc(NCc2cccnc2)c([N+](=O)[O-])c1. The second kappa shape index (κ2) is 5.22. The summed E-state index contributed by atoms with van der Waals surface area (Å²) in [4.78, 5) is 18.5. The summed E-state index contributed by atoms with van der Waals surface area (Å²) in [5, 5.41) is 13.8. The molecule has 1 N–H and O–H groups in total. The van der Waals surface area contributed by atoms with Crippen LogP contribution in [0.25, 0.3) is 0 Å². The van der Waals surface area contributed by atoms with Gasteiger partial charge in [0.15, 0.2) is 0 Å². The fourth-order valence-corrected chi connectivity index (χ4v) is 1.52. The Kier molecular flexibility index (Phi) is 3.47. The molecule has 18 heavy (non-hydrogen) atoms. The lowest BCUT2D eigenvalue weighted by atomic mass is 10.2. The highest BCUT2D eigenvalue weighted by Crippen LogP contribution is 2.22. The van der Waals surface area contributed by atoms with Gasteiger partial charge in [0.05, 0.1) is 4.92 Å². The summed E-state index contributed by atoms with van der Waals surface area (Å²) in [5.41, 5.74) is 1.68. The third-order valence-electron chi connectivity index (χ3n) is 2.38. The van der Waals surface area contributed by atoms with Crippen molar-refractivity contribution in [1.82, 2.24) is 9.97 Å². The van der Waals surface area contributed by atoms with Crippen molar-refractivity contribution in [3.63, 3.8) is 0 Å². The number of nitrogens with zero attached hydrogens (tertiary/aromatic N) is 3. The molecule has 2 aromatic rings. The van der Waals surface area contributed by atoms with Gasteiger partial charge in [-0.25, -0.2) is 4.98 Å². The van der Waals surface area contributed by atoms with Crippen molar-refractivity contribution >= 4 is 11.5 Å². The zero-order valence-corrected chi connectivity index (χ0v) is 9.83. The van der Waals surface area contributed by atoms with E-state index < -0.39 is 4.92 Å². The highest BCUT2D eigenvalue weighted by atomic mass is 16.6. The Morgan fingerprint density at radius 3 is 2.94 bits per heavy atom. The minimum absolute atomic E-state index is 0.0149. The first-order valence-corrected chi connectivity index (χ1v) is 5.40. The molecule has 0 aromatic carbocycles. The van der Waals surface area contributed by atoms with Gasteiger partial charge in [0.2, 0.25) is 5.82 Å². The van der Waals surface area contributed by atoms with Crippen molar-refractivity contribution < 1.29 is 4.92 Å². The van der Waals surface area contributed by atoms with Crippen LogP contribution in [0.15, 0.2) is 36.8 Å². The number of aryl methyl sites for hydroxylation is 1. The maximum atomic E-state index is 10.9. The molecule has 0 aliphatic heterocycles. The number of aromatic nitrogens is 2. The van der Waals surface area contributed by atoms with E-state index in [4.69, 9.17) is 0 Å². The summed E-state index contributed by atoms with van der Waals surface area (Å²) in [6.45, 7) is 2.22. The molecule has 0 fully saturated rings. The molecule has 0 unspecified atom stereocenters. The van der Waals surface area contributed by atoms with Gasteiger partial charge in [-0.2, -0.15) is 0 Å². The van der Waals surface area contributed by atoms with Gasteiger partial charge in [-0.05, 0) is 24.1 Å². The first kappa shape index (κ1) is 12.0. The molecule has 2 aromatic heterocycles. The highest BCUT2D eigenvalue weighted by molar-refractivity contribution is 5.56. The van der Waals surface area contributed by atoms with Gasteiger partial charge >= 0.3 is 5.69 Å². The molecule has 0 radical (unpaired) electrons. The summed E-state index contributed by atoms with van der Waals surface area (Å²) in [7, 11) is 0. The number of hydrogen-bond donors (Lipinski definition) is 1. The number of nitro groups is 1. The Labute approximate surface area is 104 Å². The van der Waals surface area contributed by atoms with Gasteiger partial charge in [-0.3, -0.25) is 15.1 Å². The van der Waals surface area contributed by atoms with Gasteiger partial charge in [-0.1, -0.05) is 6.07 Å². The van der Waals surface area contributed by atoms with Crippen LogP contribution in [-0.4, -0.2) is 14.9 Å². The molecular formula is C12H12N4O2. The van der Waals surface area contributed by atoms with E-state index in [0.717, 1.165) is 11.1 Å². The van der Waals surface area contributed by atoms with E-state index >= 15 is 0 Å². The van der Waals surface area contributed by atoms with Gasteiger partial charge in [-0.15, -0.1) is 0 Å². The first-order valence-electron chi connectivity index (χ1n) is 5.40. The fourth-order valence-electron chi connectivity index (χ4n) is 1.52. The Morgan fingerprint density at radius 1 is 1.44 bits per heavy atom. The second-order valence-electron chi connectivity index (χ2n) is 3.85. The van der Waals surface area contributed by atoms with Crippen molar-refractivity contribution in [2.45, 2.75) is 13.5 Å². The highest BCUT2D eigenvalue weighted by Gasteiger charge is 2.14. The van der Waals surface area contributed by atoms with Crippen molar-refractivity contribution in [2.24, 2.45) is 0 Å². The molecular weight excluding hydrogens is 232 g/mol. The quantitative estimate of drug-likeness (QED) is 0.659. The van der Waals surface area contributed by atoms with Crippen molar-refractivity contribution in [3.8, 4) is 0 Å². The van der Waals surface area contributed by atoms with Gasteiger partial charge in [0.25, 0.3) is 0 Å². The average molecular weight is 244 g/mol. The van der Waals surface area contributed by atoms with Crippen LogP contribution < -0.4 is 5.32 Å². The minimum Gasteiger partial charge on any atom is -0.360 e. The molecule has 0 bridgehead atoms. The van der Waals surface area contributed by atoms with Crippen LogP contribution in [0.4, 0.5) is 11.5 Å². The summed E-state index contributed by atoms with van der Waals surface area (Å²) >= 11 is 0. The number of anilines is 1. The first-order chi connectivity index (χ1) is 8.66. The van der Waals surface area contributed by atoms with Gasteiger partial charge < -0.3 is 5.32 Å². The van der Waals surface area contributed by atoms with Crippen LogP contribution in [0.1, 0.15) is 11.1 Å². The lowest BCUT2D eigenvalue weighted by Crippen LogP contribution is -2.05. The van der Waals surface area contributed by atoms with Crippen molar-refractivity contribution in [2.75, 3.05) is 5.32 Å². The lowest BCUT2D eigenvalue weighted by Gasteiger charge is -2.06. The molecule has 0 atom stereocenters. The summed E-state index contributed by atoms with van der Waals surface area (Å²) < 4.78 is 0. The maximum Gasteiger partial charge on any atom is 0.311 e. The van der Waals surface area contributed by atoms with E-state index in [1.54, 1.807) is 25.5 Å². The van der Waals surface area contributed by atoms with Crippen LogP contribution >= 0.6 is 0 Å². The van der Waals surface area contributed by atoms with Crippen LogP contribution in [0, 0.1) is 17.0 Å². The zero-order valence-electron chi connectivity index (χ0n) is 9.83. The van der Waals surface area contributed by atoms with Crippen LogP contribution in [0.3, 0.4) is 0 Å². The Bertz CT molecular complexity index is 557. The van der Waals surface area contributed by atoms with E-state index in [1.165, 1.54) is 6.07 Å². The Morgan fingerprint density at radius 2 is 2.28 bits per heavy atom. The van der Waals surface area contributed by atoms with Gasteiger partial charge in [0.1, 0.15) is 0 Å². The molecule has 6 nitrogen and oxygen atoms in total. The third kappa shape index (κ3) is 2.79. The Balaban J connectivity index is 2.17. The van der Waals surface area contributed by atoms with E-state index in [0.29, 0.717) is 6.54 Å². The van der Waals surface area contributed by atoms with Crippen molar-refractivity contribution in [3.05, 3.63) is 58.0 Å². The van der Waals surface area contributed by atoms with Crippen LogP contribution in [0.5, 0.6) is 0 Å². The molecule has 0 saturated carbocycles. The fraction of sp³-hybridized carbons (Fsp3) is 0.167. The normalized spacial score (nSPS) is 10.1. The van der Waals surface area contributed by atoms with Gasteiger partial charge in [0, 0.05) is 31.2 Å². The third-order valence-corrected chi connectivity index (χ3v) is 2.38. The summed E-state index contributed by atoms with van der Waals surface area (Å²) in [5.74, 6) is 0.273. The molecule has 0 spiro atoms. The average Bonchev–Trinajstić information content (AvgIpc) is 2.38. The number of pyridine rings is 2. The molecule has 0 amide bonds. The van der Waals surface area contributed by atoms with Crippen molar-refractivity contribution in [1.29, 1.82) is 0 Å². The van der Waals surface area contributed by atoms with E-state index in [2.05, 4.69) is 15.3 Å². The number of nitrogens with one attached hydrogen (secondary N) is 1. The smallest absolute Gasteiger partial charge is 0.311 e. The largest absolute Gasteiger partial charge is 0.360 e. The monoisotopic (exact) mass is 244 g/mol. The minimum atomic E-state index is -0.439.